The average molecular weight is 514 g/mol. The van der Waals surface area contributed by atoms with E-state index in [0.717, 1.165) is 17.0 Å². The molecule has 0 aliphatic carbocycles. The van der Waals surface area contributed by atoms with Gasteiger partial charge >= 0.3 is 0 Å². The van der Waals surface area contributed by atoms with Crippen molar-refractivity contribution >= 4 is 50.7 Å². The molecule has 0 unspecified atom stereocenters. The minimum atomic E-state index is -3.81. The summed E-state index contributed by atoms with van der Waals surface area (Å²) in [5, 5.41) is 3.71. The number of amides is 2. The van der Waals surface area contributed by atoms with Gasteiger partial charge < -0.3 is 10.2 Å². The molecule has 1 N–H and O–H groups in total. The van der Waals surface area contributed by atoms with Gasteiger partial charge in [0.15, 0.2) is 0 Å². The lowest BCUT2D eigenvalue weighted by Gasteiger charge is -2.32. The highest BCUT2D eigenvalue weighted by molar-refractivity contribution is 7.92. The summed E-state index contributed by atoms with van der Waals surface area (Å²) >= 11 is 12.1. The normalized spacial score (nSPS) is 13.2. The standard InChI is InChI=1S/C23H29Cl2N3O4S/c1-5-16(2)26-23(30)17(3)27(14-18-8-6-9-19(24)12-18)22(29)15-28(33(4,31)32)21-11-7-10-20(25)13-21/h6-13,16-17H,5,14-15H2,1-4H3,(H,26,30)/t16-,17+/m0/s1. The molecule has 2 aromatic carbocycles. The van der Waals surface area contributed by atoms with E-state index in [1.54, 1.807) is 49.4 Å². The van der Waals surface area contributed by atoms with Gasteiger partial charge in [0.25, 0.3) is 0 Å². The molecular weight excluding hydrogens is 485 g/mol. The molecule has 7 nitrogen and oxygen atoms in total. The van der Waals surface area contributed by atoms with E-state index in [9.17, 15) is 18.0 Å². The first-order chi connectivity index (χ1) is 15.4. The van der Waals surface area contributed by atoms with Gasteiger partial charge in [-0.1, -0.05) is 48.3 Å². The van der Waals surface area contributed by atoms with Crippen LogP contribution in [0.15, 0.2) is 48.5 Å². The summed E-state index contributed by atoms with van der Waals surface area (Å²) in [5.74, 6) is -0.861. The Morgan fingerprint density at radius 1 is 1.03 bits per heavy atom. The van der Waals surface area contributed by atoms with Crippen LogP contribution in [0.4, 0.5) is 5.69 Å². The second-order valence-electron chi connectivity index (χ2n) is 7.89. The van der Waals surface area contributed by atoms with Gasteiger partial charge in [-0.3, -0.25) is 13.9 Å². The molecule has 33 heavy (non-hydrogen) atoms. The van der Waals surface area contributed by atoms with Crippen LogP contribution in [0.1, 0.15) is 32.8 Å². The second kappa shape index (κ2) is 11.7. The van der Waals surface area contributed by atoms with E-state index in [4.69, 9.17) is 23.2 Å². The molecule has 0 aliphatic heterocycles. The smallest absolute Gasteiger partial charge is 0.244 e. The Labute approximate surface area is 205 Å². The number of halogens is 2. The zero-order chi connectivity index (χ0) is 24.8. The molecule has 0 saturated heterocycles. The van der Waals surface area contributed by atoms with Crippen LogP contribution in [0.3, 0.4) is 0 Å². The number of carbonyl (C=O) groups is 2. The number of rotatable bonds is 10. The molecule has 10 heteroatoms. The number of sulfonamides is 1. The highest BCUT2D eigenvalue weighted by Crippen LogP contribution is 2.23. The molecule has 0 radical (unpaired) electrons. The number of nitrogens with zero attached hydrogens (tertiary/aromatic N) is 2. The molecule has 0 bridgehead atoms. The summed E-state index contributed by atoms with van der Waals surface area (Å²) in [6.07, 6.45) is 1.75. The number of benzene rings is 2. The fourth-order valence-corrected chi connectivity index (χ4v) is 4.36. The van der Waals surface area contributed by atoms with Crippen LogP contribution in [0.5, 0.6) is 0 Å². The Morgan fingerprint density at radius 3 is 2.18 bits per heavy atom. The van der Waals surface area contributed by atoms with Gasteiger partial charge in [-0.2, -0.15) is 0 Å². The maximum atomic E-state index is 13.4. The summed E-state index contributed by atoms with van der Waals surface area (Å²) < 4.78 is 26.0. The molecule has 0 aliphatic rings. The predicted octanol–water partition coefficient (Wildman–Crippen LogP) is 4.09. The van der Waals surface area contributed by atoms with E-state index in [2.05, 4.69) is 5.32 Å². The first kappa shape index (κ1) is 27.0. The van der Waals surface area contributed by atoms with Crippen LogP contribution in [0.25, 0.3) is 0 Å². The van der Waals surface area contributed by atoms with Crippen molar-refractivity contribution in [2.45, 2.75) is 45.8 Å². The lowest BCUT2D eigenvalue weighted by atomic mass is 10.1. The van der Waals surface area contributed by atoms with Gasteiger partial charge in [0, 0.05) is 22.6 Å². The summed E-state index contributed by atoms with van der Waals surface area (Å²) in [4.78, 5) is 27.6. The first-order valence-electron chi connectivity index (χ1n) is 10.5. The van der Waals surface area contributed by atoms with Crippen LogP contribution in [0, 0.1) is 0 Å². The Hall–Kier alpha value is -2.29. The average Bonchev–Trinajstić information content (AvgIpc) is 2.74. The predicted molar refractivity (Wildman–Crippen MR) is 133 cm³/mol. The van der Waals surface area contributed by atoms with Gasteiger partial charge in [0.05, 0.1) is 11.9 Å². The van der Waals surface area contributed by atoms with E-state index in [-0.39, 0.29) is 24.2 Å². The monoisotopic (exact) mass is 513 g/mol. The van der Waals surface area contributed by atoms with Crippen molar-refractivity contribution in [2.24, 2.45) is 0 Å². The van der Waals surface area contributed by atoms with E-state index >= 15 is 0 Å². The highest BCUT2D eigenvalue weighted by Gasteiger charge is 2.30. The maximum absolute atomic E-state index is 13.4. The molecular formula is C23H29Cl2N3O4S. The third-order valence-corrected chi connectivity index (χ3v) is 6.80. The first-order valence-corrected chi connectivity index (χ1v) is 13.1. The molecule has 2 amide bonds. The van der Waals surface area contributed by atoms with Gasteiger partial charge in [0.2, 0.25) is 21.8 Å². The third kappa shape index (κ3) is 7.91. The molecule has 2 aromatic rings. The highest BCUT2D eigenvalue weighted by atomic mass is 35.5. The van der Waals surface area contributed by atoms with Gasteiger partial charge in [-0.15, -0.1) is 0 Å². The quantitative estimate of drug-likeness (QED) is 0.518. The zero-order valence-corrected chi connectivity index (χ0v) is 21.4. The largest absolute Gasteiger partial charge is 0.352 e. The van der Waals surface area contributed by atoms with Crippen molar-refractivity contribution in [3.8, 4) is 0 Å². The van der Waals surface area contributed by atoms with Gasteiger partial charge in [-0.05, 0) is 56.2 Å². The molecule has 180 valence electrons. The van der Waals surface area contributed by atoms with Crippen LogP contribution in [-0.4, -0.2) is 50.0 Å². The lowest BCUT2D eigenvalue weighted by molar-refractivity contribution is -0.139. The SMILES string of the molecule is CC[C@H](C)NC(=O)[C@@H](C)N(Cc1cccc(Cl)c1)C(=O)CN(c1cccc(Cl)c1)S(C)(=O)=O. The van der Waals surface area contributed by atoms with Crippen LogP contribution in [-0.2, 0) is 26.2 Å². The van der Waals surface area contributed by atoms with E-state index in [1.807, 2.05) is 13.8 Å². The number of anilines is 1. The zero-order valence-electron chi connectivity index (χ0n) is 19.1. The Balaban J connectivity index is 2.38. The summed E-state index contributed by atoms with van der Waals surface area (Å²) in [6.45, 7) is 5.03. The molecule has 0 spiro atoms. The fourth-order valence-electron chi connectivity index (χ4n) is 3.13. The van der Waals surface area contributed by atoms with Crippen molar-refractivity contribution in [3.63, 3.8) is 0 Å². The van der Waals surface area contributed by atoms with Gasteiger partial charge in [-0.25, -0.2) is 8.42 Å². The lowest BCUT2D eigenvalue weighted by Crippen LogP contribution is -2.52. The molecule has 0 heterocycles. The Morgan fingerprint density at radius 2 is 1.64 bits per heavy atom. The van der Waals surface area contributed by atoms with E-state index < -0.39 is 28.5 Å². The molecule has 2 rings (SSSR count). The van der Waals surface area contributed by atoms with Crippen LogP contribution in [0.2, 0.25) is 10.0 Å². The summed E-state index contributed by atoms with van der Waals surface area (Å²) in [5.41, 5.74) is 0.977. The Kier molecular flexibility index (Phi) is 9.57. The second-order valence-corrected chi connectivity index (χ2v) is 10.7. The van der Waals surface area contributed by atoms with E-state index in [1.165, 1.54) is 11.0 Å². The molecule has 0 saturated carbocycles. The molecule has 0 aromatic heterocycles. The topological polar surface area (TPSA) is 86.8 Å². The van der Waals surface area contributed by atoms with Crippen molar-refractivity contribution in [2.75, 3.05) is 17.1 Å². The number of hydrogen-bond donors (Lipinski definition) is 1. The molecule has 2 atom stereocenters. The van der Waals surface area contributed by atoms with Crippen molar-refractivity contribution in [1.29, 1.82) is 0 Å². The van der Waals surface area contributed by atoms with Crippen molar-refractivity contribution in [3.05, 3.63) is 64.1 Å². The summed E-state index contributed by atoms with van der Waals surface area (Å²) in [6, 6.07) is 12.3. The van der Waals surface area contributed by atoms with Crippen molar-refractivity contribution in [1.82, 2.24) is 10.2 Å². The fraction of sp³-hybridized carbons (Fsp3) is 0.391. The minimum Gasteiger partial charge on any atom is -0.352 e. The van der Waals surface area contributed by atoms with E-state index in [0.29, 0.717) is 15.6 Å². The number of nitrogens with one attached hydrogen (secondary N) is 1. The Bertz CT molecular complexity index is 1090. The summed E-state index contributed by atoms with van der Waals surface area (Å²) in [7, 11) is -3.81. The minimum absolute atomic E-state index is 0.0675. The van der Waals surface area contributed by atoms with Crippen LogP contribution < -0.4 is 9.62 Å². The number of hydrogen-bond acceptors (Lipinski definition) is 4. The van der Waals surface area contributed by atoms with Gasteiger partial charge in [0.1, 0.15) is 12.6 Å². The van der Waals surface area contributed by atoms with Crippen LogP contribution >= 0.6 is 23.2 Å². The molecule has 0 fully saturated rings. The number of carbonyl (C=O) groups excluding carboxylic acids is 2. The van der Waals surface area contributed by atoms with Crippen molar-refractivity contribution < 1.29 is 18.0 Å². The maximum Gasteiger partial charge on any atom is 0.244 e. The third-order valence-electron chi connectivity index (χ3n) is 5.19.